The summed E-state index contributed by atoms with van der Waals surface area (Å²) in [6, 6.07) is 9.21. The van der Waals surface area contributed by atoms with Gasteiger partial charge in [-0.2, -0.15) is 0 Å². The van der Waals surface area contributed by atoms with E-state index in [1.807, 2.05) is 31.2 Å². The molecule has 0 saturated carbocycles. The van der Waals surface area contributed by atoms with Gasteiger partial charge in [-0.15, -0.1) is 0 Å². The summed E-state index contributed by atoms with van der Waals surface area (Å²) in [4.78, 5) is 12.9. The van der Waals surface area contributed by atoms with Gasteiger partial charge >= 0.3 is 0 Å². The van der Waals surface area contributed by atoms with Gasteiger partial charge in [0.05, 0.1) is 18.6 Å². The quantitative estimate of drug-likeness (QED) is 0.849. The minimum Gasteiger partial charge on any atom is -0.496 e. The molecular weight excluding hydrogens is 308 g/mol. The summed E-state index contributed by atoms with van der Waals surface area (Å²) >= 11 is 0. The van der Waals surface area contributed by atoms with Crippen LogP contribution in [-0.2, 0) is 0 Å². The smallest absolute Gasteiger partial charge is 0.177 e. The molecule has 0 amide bonds. The largest absolute Gasteiger partial charge is 0.496 e. The van der Waals surface area contributed by atoms with Crippen LogP contribution in [0.25, 0.3) is 0 Å². The monoisotopic (exact) mass is 326 g/mol. The van der Waals surface area contributed by atoms with Crippen LogP contribution >= 0.6 is 0 Å². The minimum absolute atomic E-state index is 0.0543. The lowest BCUT2D eigenvalue weighted by Crippen LogP contribution is -2.27. The highest BCUT2D eigenvalue weighted by Crippen LogP contribution is 2.40. The van der Waals surface area contributed by atoms with Crippen molar-refractivity contribution in [3.8, 4) is 23.0 Å². The molecule has 1 unspecified atom stereocenters. The molecule has 2 heterocycles. The number of benzene rings is 2. The fraction of sp³-hybridized carbons (Fsp3) is 0.316. The summed E-state index contributed by atoms with van der Waals surface area (Å²) in [5, 5.41) is 0. The molecule has 0 N–H and O–H groups in total. The Hall–Kier alpha value is -2.69. The molecule has 124 valence electrons. The molecule has 5 heteroatoms. The Morgan fingerprint density at radius 2 is 1.83 bits per heavy atom. The molecule has 24 heavy (non-hydrogen) atoms. The van der Waals surface area contributed by atoms with Gasteiger partial charge in [-0.25, -0.2) is 0 Å². The van der Waals surface area contributed by atoms with Crippen LogP contribution in [-0.4, -0.2) is 32.7 Å². The molecule has 5 nitrogen and oxygen atoms in total. The van der Waals surface area contributed by atoms with Crippen molar-refractivity contribution < 1.29 is 23.7 Å². The van der Waals surface area contributed by atoms with Crippen LogP contribution in [0, 0.1) is 6.92 Å². The van der Waals surface area contributed by atoms with Crippen LogP contribution in [0.4, 0.5) is 0 Å². The Bertz CT molecular complexity index is 812. The third-order valence-electron chi connectivity index (χ3n) is 4.52. The SMILES string of the molecule is COc1ccc2c(c1C)OCC(c1ccc3c(c1)OCCO3)C2=O. The van der Waals surface area contributed by atoms with Crippen molar-refractivity contribution in [3.05, 3.63) is 47.0 Å². The van der Waals surface area contributed by atoms with E-state index in [0.717, 1.165) is 22.6 Å². The van der Waals surface area contributed by atoms with E-state index < -0.39 is 0 Å². The second-order valence-electron chi connectivity index (χ2n) is 5.90. The number of rotatable bonds is 2. The summed E-state index contributed by atoms with van der Waals surface area (Å²) in [7, 11) is 1.61. The van der Waals surface area contributed by atoms with E-state index in [2.05, 4.69) is 0 Å². The maximum Gasteiger partial charge on any atom is 0.177 e. The van der Waals surface area contributed by atoms with Crippen molar-refractivity contribution in [3.63, 3.8) is 0 Å². The van der Waals surface area contributed by atoms with Gasteiger partial charge in [0.2, 0.25) is 0 Å². The molecule has 0 aliphatic carbocycles. The van der Waals surface area contributed by atoms with E-state index in [1.165, 1.54) is 0 Å². The summed E-state index contributed by atoms with van der Waals surface area (Å²) in [6.07, 6.45) is 0. The summed E-state index contributed by atoms with van der Waals surface area (Å²) in [6.45, 7) is 3.27. The fourth-order valence-corrected chi connectivity index (χ4v) is 3.23. The van der Waals surface area contributed by atoms with Crippen LogP contribution in [0.5, 0.6) is 23.0 Å². The topological polar surface area (TPSA) is 54.0 Å². The van der Waals surface area contributed by atoms with Crippen LogP contribution in [0.3, 0.4) is 0 Å². The molecule has 0 radical (unpaired) electrons. The lowest BCUT2D eigenvalue weighted by molar-refractivity contribution is 0.0894. The molecule has 0 aromatic heterocycles. The summed E-state index contributed by atoms with van der Waals surface area (Å²) in [5.74, 6) is 2.45. The third kappa shape index (κ3) is 2.28. The van der Waals surface area contributed by atoms with E-state index >= 15 is 0 Å². The van der Waals surface area contributed by atoms with Gasteiger partial charge in [0, 0.05) is 5.56 Å². The van der Waals surface area contributed by atoms with Gasteiger partial charge < -0.3 is 18.9 Å². The van der Waals surface area contributed by atoms with Gasteiger partial charge in [-0.05, 0) is 36.8 Å². The van der Waals surface area contributed by atoms with Crippen molar-refractivity contribution in [1.82, 2.24) is 0 Å². The van der Waals surface area contributed by atoms with E-state index in [0.29, 0.717) is 36.9 Å². The van der Waals surface area contributed by atoms with Crippen LogP contribution in [0.15, 0.2) is 30.3 Å². The molecule has 1 atom stereocenters. The average molecular weight is 326 g/mol. The van der Waals surface area contributed by atoms with E-state index in [1.54, 1.807) is 13.2 Å². The number of ether oxygens (including phenoxy) is 4. The first-order valence-electron chi connectivity index (χ1n) is 7.93. The van der Waals surface area contributed by atoms with Crippen molar-refractivity contribution in [2.75, 3.05) is 26.9 Å². The highest BCUT2D eigenvalue weighted by molar-refractivity contribution is 6.04. The fourth-order valence-electron chi connectivity index (χ4n) is 3.23. The normalized spacial score (nSPS) is 18.6. The van der Waals surface area contributed by atoms with Crippen molar-refractivity contribution >= 4 is 5.78 Å². The maximum absolute atomic E-state index is 12.9. The number of ketones is 1. The van der Waals surface area contributed by atoms with E-state index in [9.17, 15) is 4.79 Å². The standard InChI is InChI=1S/C19H18O5/c1-11-15(21-2)6-4-13-18(20)14(10-24-19(11)13)12-3-5-16-17(9-12)23-8-7-22-16/h3-6,9,14H,7-8,10H2,1-2H3. The zero-order valence-electron chi connectivity index (χ0n) is 13.6. The Labute approximate surface area is 140 Å². The van der Waals surface area contributed by atoms with E-state index in [4.69, 9.17) is 18.9 Å². The molecule has 2 aliphatic rings. The molecule has 2 aliphatic heterocycles. The lowest BCUT2D eigenvalue weighted by Gasteiger charge is -2.27. The number of Topliss-reactive ketones (excluding diaryl/α,β-unsaturated/α-hetero) is 1. The molecule has 4 rings (SSSR count). The lowest BCUT2D eigenvalue weighted by atomic mass is 9.88. The highest BCUT2D eigenvalue weighted by Gasteiger charge is 2.32. The maximum atomic E-state index is 12.9. The van der Waals surface area contributed by atoms with Crippen LogP contribution in [0.1, 0.15) is 27.4 Å². The average Bonchev–Trinajstić information content (AvgIpc) is 2.62. The molecular formula is C19H18O5. The van der Waals surface area contributed by atoms with Gasteiger partial charge in [0.15, 0.2) is 17.3 Å². The second-order valence-corrected chi connectivity index (χ2v) is 5.90. The number of fused-ring (bicyclic) bond motifs is 2. The van der Waals surface area contributed by atoms with Crippen LogP contribution in [0.2, 0.25) is 0 Å². The molecule has 0 bridgehead atoms. The Morgan fingerprint density at radius 3 is 2.62 bits per heavy atom. The molecule has 0 spiro atoms. The summed E-state index contributed by atoms with van der Waals surface area (Å²) < 4.78 is 22.4. The Balaban J connectivity index is 1.70. The molecule has 0 fully saturated rings. The minimum atomic E-state index is -0.346. The first-order chi connectivity index (χ1) is 11.7. The number of carbonyl (C=O) groups is 1. The Kier molecular flexibility index (Phi) is 3.56. The summed E-state index contributed by atoms with van der Waals surface area (Å²) in [5.41, 5.74) is 2.33. The number of hydrogen-bond acceptors (Lipinski definition) is 5. The van der Waals surface area contributed by atoms with Gasteiger partial charge in [0.25, 0.3) is 0 Å². The predicted molar refractivity (Wildman–Crippen MR) is 87.7 cm³/mol. The first kappa shape index (κ1) is 14.9. The zero-order valence-corrected chi connectivity index (χ0v) is 13.6. The van der Waals surface area contributed by atoms with Crippen molar-refractivity contribution in [1.29, 1.82) is 0 Å². The highest BCUT2D eigenvalue weighted by atomic mass is 16.6. The number of methoxy groups -OCH3 is 1. The van der Waals surface area contributed by atoms with E-state index in [-0.39, 0.29) is 11.7 Å². The molecule has 0 saturated heterocycles. The number of hydrogen-bond donors (Lipinski definition) is 0. The molecule has 2 aromatic rings. The third-order valence-corrected chi connectivity index (χ3v) is 4.52. The molecule has 2 aromatic carbocycles. The van der Waals surface area contributed by atoms with Gasteiger partial charge in [-0.3, -0.25) is 4.79 Å². The van der Waals surface area contributed by atoms with Gasteiger partial charge in [-0.1, -0.05) is 6.07 Å². The van der Waals surface area contributed by atoms with Crippen molar-refractivity contribution in [2.24, 2.45) is 0 Å². The van der Waals surface area contributed by atoms with Crippen LogP contribution < -0.4 is 18.9 Å². The van der Waals surface area contributed by atoms with Gasteiger partial charge in [0.1, 0.15) is 31.3 Å². The zero-order chi connectivity index (χ0) is 16.7. The number of carbonyl (C=O) groups excluding carboxylic acids is 1. The first-order valence-corrected chi connectivity index (χ1v) is 7.93. The predicted octanol–water partition coefficient (Wildman–Crippen LogP) is 3.13. The second kappa shape index (κ2) is 5.74. The Morgan fingerprint density at radius 1 is 1.04 bits per heavy atom. The van der Waals surface area contributed by atoms with Crippen molar-refractivity contribution in [2.45, 2.75) is 12.8 Å².